The molecule has 0 radical (unpaired) electrons. The van der Waals surface area contributed by atoms with E-state index in [2.05, 4.69) is 20.8 Å². The number of hydrogen-bond donors (Lipinski definition) is 0. The van der Waals surface area contributed by atoms with E-state index in [9.17, 15) is 0 Å². The Morgan fingerprint density at radius 3 is 1.67 bits per heavy atom. The first-order valence-corrected chi connectivity index (χ1v) is 13.5. The van der Waals surface area contributed by atoms with Gasteiger partial charge in [0.2, 0.25) is 0 Å². The van der Waals surface area contributed by atoms with Crippen molar-refractivity contribution in [1.82, 2.24) is 0 Å². The fourth-order valence-electron chi connectivity index (χ4n) is 3.69. The molecule has 0 bridgehead atoms. The van der Waals surface area contributed by atoms with Gasteiger partial charge in [0.05, 0.1) is 0 Å². The second kappa shape index (κ2) is 16.2. The van der Waals surface area contributed by atoms with Crippen molar-refractivity contribution >= 4 is 20.4 Å². The van der Waals surface area contributed by atoms with Crippen LogP contribution in [-0.2, 0) is 13.3 Å². The van der Waals surface area contributed by atoms with Crippen molar-refractivity contribution in [2.45, 2.75) is 115 Å². The molecule has 0 aromatic rings. The highest BCUT2D eigenvalue weighted by atomic mass is 35.5. The Bertz CT molecular complexity index is 327. The van der Waals surface area contributed by atoms with Crippen molar-refractivity contribution in [2.75, 3.05) is 21.3 Å². The second-order valence-electron chi connectivity index (χ2n) is 8.30. The van der Waals surface area contributed by atoms with Crippen molar-refractivity contribution < 1.29 is 13.3 Å². The van der Waals surface area contributed by atoms with Gasteiger partial charge in [0.1, 0.15) is 0 Å². The minimum absolute atomic E-state index is 0.158. The van der Waals surface area contributed by atoms with Gasteiger partial charge in [-0.05, 0) is 32.1 Å². The summed E-state index contributed by atoms with van der Waals surface area (Å²) in [6.07, 6.45) is 17.0. The smallest absolute Gasteiger partial charge is 0.377 e. The Labute approximate surface area is 176 Å². The summed E-state index contributed by atoms with van der Waals surface area (Å²) in [6.45, 7) is 6.76. The lowest BCUT2D eigenvalue weighted by Crippen LogP contribution is -2.43. The first kappa shape index (κ1) is 27.4. The van der Waals surface area contributed by atoms with E-state index < -0.39 is 8.80 Å². The molecule has 27 heavy (non-hydrogen) atoms. The monoisotopic (exact) mass is 422 g/mol. The van der Waals surface area contributed by atoms with Gasteiger partial charge in [0, 0.05) is 32.2 Å². The molecule has 0 saturated carbocycles. The lowest BCUT2D eigenvalue weighted by molar-refractivity contribution is 0.122. The third kappa shape index (κ3) is 12.5. The van der Waals surface area contributed by atoms with E-state index in [0.29, 0.717) is 5.92 Å². The molecule has 0 aromatic carbocycles. The van der Waals surface area contributed by atoms with Gasteiger partial charge in [-0.3, -0.25) is 0 Å². The van der Waals surface area contributed by atoms with Gasteiger partial charge in [0.15, 0.2) is 0 Å². The zero-order chi connectivity index (χ0) is 20.6. The zero-order valence-corrected chi connectivity index (χ0v) is 20.8. The Kier molecular flexibility index (Phi) is 16.4. The van der Waals surface area contributed by atoms with Crippen LogP contribution in [0.4, 0.5) is 0 Å². The summed E-state index contributed by atoms with van der Waals surface area (Å²) in [5, 5.41) is 0. The maximum absolute atomic E-state index is 6.86. The van der Waals surface area contributed by atoms with Crippen molar-refractivity contribution in [1.29, 1.82) is 0 Å². The van der Waals surface area contributed by atoms with Crippen LogP contribution in [-0.4, -0.2) is 35.0 Å². The van der Waals surface area contributed by atoms with Gasteiger partial charge in [-0.2, -0.15) is 0 Å². The van der Waals surface area contributed by atoms with Crippen LogP contribution in [0.2, 0.25) is 6.04 Å². The summed E-state index contributed by atoms with van der Waals surface area (Å²) in [7, 11) is 2.56. The molecule has 0 aromatic heterocycles. The standard InChI is InChI=1S/C22H47ClO3Si/c1-7-8-9-10-11-12-13-14-15-16-18-21(2)22(3,23)19-17-20-27(24-4,25-5)26-6/h21H,7-20H2,1-6H3. The Morgan fingerprint density at radius 1 is 0.778 bits per heavy atom. The number of unbranched alkanes of at least 4 members (excludes halogenated alkanes) is 9. The number of alkyl halides is 1. The second-order valence-corrected chi connectivity index (χ2v) is 12.3. The van der Waals surface area contributed by atoms with Crippen LogP contribution in [0.1, 0.15) is 104 Å². The molecule has 3 nitrogen and oxygen atoms in total. The molecular formula is C22H47ClO3Si. The van der Waals surface area contributed by atoms with E-state index >= 15 is 0 Å². The number of halogens is 1. The van der Waals surface area contributed by atoms with Gasteiger partial charge in [-0.1, -0.05) is 78.1 Å². The fraction of sp³-hybridized carbons (Fsp3) is 1.00. The van der Waals surface area contributed by atoms with E-state index in [1.54, 1.807) is 21.3 Å². The van der Waals surface area contributed by atoms with Crippen LogP contribution in [0.15, 0.2) is 0 Å². The van der Waals surface area contributed by atoms with Crippen molar-refractivity contribution in [3.8, 4) is 0 Å². The van der Waals surface area contributed by atoms with E-state index in [4.69, 9.17) is 24.9 Å². The minimum atomic E-state index is -2.47. The Hall–Kier alpha value is 0.387. The third-order valence-electron chi connectivity index (χ3n) is 6.10. The average molecular weight is 423 g/mol. The predicted molar refractivity (Wildman–Crippen MR) is 121 cm³/mol. The van der Waals surface area contributed by atoms with Crippen molar-refractivity contribution in [3.63, 3.8) is 0 Å². The summed E-state index contributed by atoms with van der Waals surface area (Å²) in [5.74, 6) is 0.525. The zero-order valence-electron chi connectivity index (χ0n) is 19.1. The Balaban J connectivity index is 3.84. The number of hydrogen-bond acceptors (Lipinski definition) is 3. The largest absolute Gasteiger partial charge is 0.500 e. The molecule has 2 unspecified atom stereocenters. The molecule has 0 spiro atoms. The van der Waals surface area contributed by atoms with Crippen LogP contribution in [0.3, 0.4) is 0 Å². The molecule has 0 N–H and O–H groups in total. The molecule has 0 aliphatic heterocycles. The van der Waals surface area contributed by atoms with Crippen molar-refractivity contribution in [3.05, 3.63) is 0 Å². The first-order valence-electron chi connectivity index (χ1n) is 11.2. The highest BCUT2D eigenvalue weighted by molar-refractivity contribution is 6.60. The molecular weight excluding hydrogens is 376 g/mol. The molecule has 2 atom stereocenters. The van der Waals surface area contributed by atoms with Crippen LogP contribution in [0, 0.1) is 5.92 Å². The van der Waals surface area contributed by atoms with E-state index in [0.717, 1.165) is 18.9 Å². The van der Waals surface area contributed by atoms with Gasteiger partial charge in [-0.25, -0.2) is 0 Å². The summed E-state index contributed by atoms with van der Waals surface area (Å²) in [5.41, 5.74) is 0. The van der Waals surface area contributed by atoms with Gasteiger partial charge >= 0.3 is 8.80 Å². The van der Waals surface area contributed by atoms with Crippen LogP contribution in [0.5, 0.6) is 0 Å². The average Bonchev–Trinajstić information content (AvgIpc) is 2.66. The molecule has 0 heterocycles. The third-order valence-corrected chi connectivity index (χ3v) is 9.49. The fourth-order valence-corrected chi connectivity index (χ4v) is 5.66. The summed E-state index contributed by atoms with van der Waals surface area (Å²) >= 11 is 6.86. The van der Waals surface area contributed by atoms with E-state index in [1.165, 1.54) is 70.6 Å². The molecule has 0 fully saturated rings. The molecule has 5 heteroatoms. The maximum Gasteiger partial charge on any atom is 0.500 e. The molecule has 0 aliphatic carbocycles. The molecule has 164 valence electrons. The molecule has 0 amide bonds. The van der Waals surface area contributed by atoms with Crippen LogP contribution in [0.25, 0.3) is 0 Å². The highest BCUT2D eigenvalue weighted by Gasteiger charge is 2.38. The van der Waals surface area contributed by atoms with Crippen molar-refractivity contribution in [2.24, 2.45) is 5.92 Å². The van der Waals surface area contributed by atoms with E-state index in [1.807, 2.05) is 0 Å². The minimum Gasteiger partial charge on any atom is -0.377 e. The first-order chi connectivity index (χ1) is 12.9. The predicted octanol–water partition coefficient (Wildman–Crippen LogP) is 7.59. The maximum atomic E-state index is 6.86. The molecule has 0 aliphatic rings. The number of rotatable bonds is 19. The lowest BCUT2D eigenvalue weighted by atomic mass is 9.86. The summed E-state index contributed by atoms with van der Waals surface area (Å²) in [4.78, 5) is -0.158. The SMILES string of the molecule is CCCCCCCCCCCCC(C)C(C)(Cl)CCC[Si](OC)(OC)OC. The van der Waals surface area contributed by atoms with Crippen LogP contribution < -0.4 is 0 Å². The normalized spacial score (nSPS) is 15.7. The lowest BCUT2D eigenvalue weighted by Gasteiger charge is -2.31. The van der Waals surface area contributed by atoms with Gasteiger partial charge in [-0.15, -0.1) is 11.6 Å². The molecule has 0 rings (SSSR count). The van der Waals surface area contributed by atoms with Gasteiger partial charge < -0.3 is 13.3 Å². The topological polar surface area (TPSA) is 27.7 Å². The quantitative estimate of drug-likeness (QED) is 0.122. The summed E-state index contributed by atoms with van der Waals surface area (Å²) < 4.78 is 16.5. The molecule has 0 saturated heterocycles. The Morgan fingerprint density at radius 2 is 1.22 bits per heavy atom. The summed E-state index contributed by atoms with van der Waals surface area (Å²) in [6, 6.07) is 0.823. The highest BCUT2D eigenvalue weighted by Crippen LogP contribution is 2.35. The van der Waals surface area contributed by atoms with Gasteiger partial charge in [0.25, 0.3) is 0 Å². The van der Waals surface area contributed by atoms with Crippen LogP contribution >= 0.6 is 11.6 Å². The van der Waals surface area contributed by atoms with E-state index in [-0.39, 0.29) is 4.87 Å².